The molecule has 4 aromatic rings. The molecule has 1 fully saturated rings. The number of hydrogen-bond acceptors (Lipinski definition) is 5. The van der Waals surface area contributed by atoms with E-state index < -0.39 is 0 Å². The summed E-state index contributed by atoms with van der Waals surface area (Å²) in [6.45, 7) is 4.15. The molecule has 5 rings (SSSR count). The number of hydrogen-bond donors (Lipinski definition) is 0. The van der Waals surface area contributed by atoms with Crippen molar-refractivity contribution in [2.45, 2.75) is 38.8 Å². The lowest BCUT2D eigenvalue weighted by Gasteiger charge is -2.25. The van der Waals surface area contributed by atoms with Gasteiger partial charge in [-0.25, -0.2) is 15.0 Å². The van der Waals surface area contributed by atoms with Crippen LogP contribution in [0.3, 0.4) is 0 Å². The van der Waals surface area contributed by atoms with E-state index in [0.29, 0.717) is 12.2 Å². The van der Waals surface area contributed by atoms with Crippen LogP contribution in [0.15, 0.2) is 55.1 Å². The number of carbonyl (C=O) groups excluding carboxylic acids is 1. The molecule has 0 spiro atoms. The molecule has 0 bridgehead atoms. The molecule has 8 nitrogen and oxygen atoms in total. The van der Waals surface area contributed by atoms with Gasteiger partial charge in [0.15, 0.2) is 0 Å². The first-order valence-electron chi connectivity index (χ1n) is 11.4. The second-order valence-electron chi connectivity index (χ2n) is 8.28. The normalized spacial score (nSPS) is 16.1. The van der Waals surface area contributed by atoms with E-state index in [9.17, 15) is 4.79 Å². The molecule has 4 heterocycles. The molecule has 0 radical (unpaired) electrons. The third-order valence-electron chi connectivity index (χ3n) is 6.30. The van der Waals surface area contributed by atoms with Gasteiger partial charge in [0, 0.05) is 44.6 Å². The zero-order valence-electron chi connectivity index (χ0n) is 19.0. The van der Waals surface area contributed by atoms with Gasteiger partial charge in [-0.05, 0) is 43.2 Å². The number of benzene rings is 1. The number of ether oxygens (including phenoxy) is 1. The quantitative estimate of drug-likeness (QED) is 0.433. The number of methoxy groups -OCH3 is 1. The zero-order valence-corrected chi connectivity index (χ0v) is 19.0. The molecule has 0 N–H and O–H groups in total. The molecule has 8 heteroatoms. The topological polar surface area (TPSA) is 78.1 Å². The van der Waals surface area contributed by atoms with Crippen molar-refractivity contribution in [1.82, 2.24) is 29.0 Å². The van der Waals surface area contributed by atoms with Crippen LogP contribution in [-0.2, 0) is 17.7 Å². The number of likely N-dealkylation sites (tertiary alicyclic amines) is 1. The Balaban J connectivity index is 1.41. The van der Waals surface area contributed by atoms with E-state index in [2.05, 4.69) is 16.9 Å². The third kappa shape index (κ3) is 4.02. The van der Waals surface area contributed by atoms with Crippen LogP contribution in [0.4, 0.5) is 0 Å². The van der Waals surface area contributed by atoms with Gasteiger partial charge in [0.25, 0.3) is 5.91 Å². The van der Waals surface area contributed by atoms with Crippen LogP contribution in [0.2, 0.25) is 0 Å². The van der Waals surface area contributed by atoms with Crippen molar-refractivity contribution >= 4 is 16.9 Å². The van der Waals surface area contributed by atoms with Gasteiger partial charge in [-0.15, -0.1) is 0 Å². The average molecular weight is 445 g/mol. The second-order valence-corrected chi connectivity index (χ2v) is 8.28. The van der Waals surface area contributed by atoms with Crippen LogP contribution in [-0.4, -0.2) is 55.2 Å². The fourth-order valence-corrected chi connectivity index (χ4v) is 4.61. The Kier molecular flexibility index (Phi) is 5.92. The largest absolute Gasteiger partial charge is 0.383 e. The van der Waals surface area contributed by atoms with Crippen LogP contribution in [0, 0.1) is 0 Å². The monoisotopic (exact) mass is 444 g/mol. The van der Waals surface area contributed by atoms with Gasteiger partial charge in [0.2, 0.25) is 0 Å². The number of imidazole rings is 2. The van der Waals surface area contributed by atoms with E-state index in [1.807, 2.05) is 56.6 Å². The van der Waals surface area contributed by atoms with E-state index >= 15 is 0 Å². The highest BCUT2D eigenvalue weighted by Gasteiger charge is 2.32. The van der Waals surface area contributed by atoms with Gasteiger partial charge in [-0.2, -0.15) is 0 Å². The van der Waals surface area contributed by atoms with Crippen molar-refractivity contribution in [3.05, 3.63) is 72.2 Å². The number of pyridine rings is 1. The van der Waals surface area contributed by atoms with Crippen LogP contribution in [0.5, 0.6) is 0 Å². The highest BCUT2D eigenvalue weighted by atomic mass is 16.5. The molecule has 170 valence electrons. The minimum absolute atomic E-state index is 0.0231. The van der Waals surface area contributed by atoms with E-state index in [0.717, 1.165) is 60.7 Å². The molecule has 3 aromatic heterocycles. The fourth-order valence-electron chi connectivity index (χ4n) is 4.61. The Morgan fingerprint density at radius 3 is 2.97 bits per heavy atom. The summed E-state index contributed by atoms with van der Waals surface area (Å²) in [6.07, 6.45) is 8.22. The Labute approximate surface area is 192 Å². The van der Waals surface area contributed by atoms with Crippen LogP contribution >= 0.6 is 0 Å². The summed E-state index contributed by atoms with van der Waals surface area (Å²) < 4.78 is 9.23. The molecule has 1 aliphatic rings. The Morgan fingerprint density at radius 1 is 1.21 bits per heavy atom. The Hall–Kier alpha value is -3.52. The molecule has 1 amide bonds. The maximum atomic E-state index is 13.5. The number of nitrogens with zero attached hydrogens (tertiary/aromatic N) is 6. The third-order valence-corrected chi connectivity index (χ3v) is 6.30. The smallest absolute Gasteiger partial charge is 0.254 e. The predicted molar refractivity (Wildman–Crippen MR) is 125 cm³/mol. The lowest BCUT2D eigenvalue weighted by atomic mass is 10.1. The summed E-state index contributed by atoms with van der Waals surface area (Å²) in [4.78, 5) is 29.3. The second kappa shape index (κ2) is 9.15. The number of rotatable bonds is 7. The van der Waals surface area contributed by atoms with Crippen LogP contribution in [0.25, 0.3) is 16.9 Å². The molecule has 0 aliphatic carbocycles. The standard InChI is InChI=1S/C25H28N6O2/c1-3-23-26-11-13-31(23)24-8-4-6-19(28-24)22-7-5-12-30(22)25(32)18-9-10-21-20(16-18)27-17-29(21)14-15-33-2/h4,6,8-11,13,16-17,22H,3,5,7,12,14-15H2,1-2H3. The predicted octanol–water partition coefficient (Wildman–Crippen LogP) is 3.80. The molecule has 1 atom stereocenters. The maximum absolute atomic E-state index is 13.5. The molecule has 1 aromatic carbocycles. The molecular weight excluding hydrogens is 416 g/mol. The molecule has 0 saturated carbocycles. The lowest BCUT2D eigenvalue weighted by molar-refractivity contribution is 0.0733. The van der Waals surface area contributed by atoms with Crippen molar-refractivity contribution in [1.29, 1.82) is 0 Å². The maximum Gasteiger partial charge on any atom is 0.254 e. The van der Waals surface area contributed by atoms with Crippen LogP contribution < -0.4 is 0 Å². The first-order valence-corrected chi connectivity index (χ1v) is 11.4. The van der Waals surface area contributed by atoms with Gasteiger partial charge in [-0.1, -0.05) is 13.0 Å². The average Bonchev–Trinajstić information content (AvgIpc) is 3.61. The van der Waals surface area contributed by atoms with Gasteiger partial charge in [-0.3, -0.25) is 9.36 Å². The zero-order chi connectivity index (χ0) is 22.8. The van der Waals surface area contributed by atoms with Gasteiger partial charge >= 0.3 is 0 Å². The first kappa shape index (κ1) is 21.3. The van der Waals surface area contributed by atoms with Crippen molar-refractivity contribution in [3.63, 3.8) is 0 Å². The van der Waals surface area contributed by atoms with Crippen molar-refractivity contribution in [3.8, 4) is 5.82 Å². The van der Waals surface area contributed by atoms with E-state index in [1.165, 1.54) is 0 Å². The van der Waals surface area contributed by atoms with E-state index in [-0.39, 0.29) is 11.9 Å². The number of aromatic nitrogens is 5. The highest BCUT2D eigenvalue weighted by molar-refractivity contribution is 5.97. The van der Waals surface area contributed by atoms with Gasteiger partial charge in [0.05, 0.1) is 35.7 Å². The summed E-state index contributed by atoms with van der Waals surface area (Å²) >= 11 is 0. The Morgan fingerprint density at radius 2 is 2.12 bits per heavy atom. The molecule has 1 saturated heterocycles. The van der Waals surface area contributed by atoms with Gasteiger partial charge in [0.1, 0.15) is 11.6 Å². The van der Waals surface area contributed by atoms with Crippen molar-refractivity contribution in [2.75, 3.05) is 20.3 Å². The highest BCUT2D eigenvalue weighted by Crippen LogP contribution is 2.33. The molecular formula is C25H28N6O2. The minimum atomic E-state index is -0.0407. The summed E-state index contributed by atoms with van der Waals surface area (Å²) in [7, 11) is 1.69. The SMILES string of the molecule is CCc1nccn1-c1cccc(C2CCCN2C(=O)c2ccc3c(c2)ncn3CCOC)n1. The number of fused-ring (bicyclic) bond motifs is 1. The summed E-state index contributed by atoms with van der Waals surface area (Å²) in [5.41, 5.74) is 3.40. The van der Waals surface area contributed by atoms with E-state index in [4.69, 9.17) is 9.72 Å². The van der Waals surface area contributed by atoms with Crippen molar-refractivity contribution in [2.24, 2.45) is 0 Å². The lowest BCUT2D eigenvalue weighted by Crippen LogP contribution is -2.31. The first-order chi connectivity index (χ1) is 16.2. The number of carbonyl (C=O) groups is 1. The number of aryl methyl sites for hydroxylation is 1. The fraction of sp³-hybridized carbons (Fsp3) is 0.360. The van der Waals surface area contributed by atoms with Crippen LogP contribution in [0.1, 0.15) is 47.7 Å². The summed E-state index contributed by atoms with van der Waals surface area (Å²) in [5.74, 6) is 1.83. The molecule has 1 aliphatic heterocycles. The minimum Gasteiger partial charge on any atom is -0.383 e. The number of amides is 1. The Bertz CT molecular complexity index is 1280. The van der Waals surface area contributed by atoms with Crippen molar-refractivity contribution < 1.29 is 9.53 Å². The van der Waals surface area contributed by atoms with E-state index in [1.54, 1.807) is 19.6 Å². The molecule has 1 unspecified atom stereocenters. The molecule has 33 heavy (non-hydrogen) atoms. The van der Waals surface area contributed by atoms with Gasteiger partial charge < -0.3 is 14.2 Å². The summed E-state index contributed by atoms with van der Waals surface area (Å²) in [5, 5.41) is 0. The summed E-state index contributed by atoms with van der Waals surface area (Å²) in [6, 6.07) is 11.7.